The lowest BCUT2D eigenvalue weighted by molar-refractivity contribution is -0.751. The molecule has 1 aromatic carbocycles. The molecule has 1 heterocycles. The van der Waals surface area contributed by atoms with Crippen LogP contribution in [-0.4, -0.2) is 24.5 Å². The molecule has 0 bridgehead atoms. The zero-order valence-electron chi connectivity index (χ0n) is 12.9. The molecule has 0 fully saturated rings. The second-order valence-electron chi connectivity index (χ2n) is 4.66. The first-order valence-corrected chi connectivity index (χ1v) is 9.03. The van der Waals surface area contributed by atoms with Gasteiger partial charge in [0, 0.05) is 23.0 Å². The molecule has 1 aromatic heterocycles. The molecule has 0 atom stereocenters. The highest BCUT2D eigenvalue weighted by Crippen LogP contribution is 2.48. The van der Waals surface area contributed by atoms with Crippen LogP contribution in [-0.2, 0) is 20.2 Å². The summed E-state index contributed by atoms with van der Waals surface area (Å²) in [5.74, 6) is 0. The Balaban J connectivity index is 0.00000242. The normalized spacial score (nSPS) is 11.4. The minimum Gasteiger partial charge on any atom is -1.00 e. The minimum atomic E-state index is -2.95. The average Bonchev–Trinajstić information content (AvgIpc) is 2.47. The zero-order chi connectivity index (χ0) is 15.1. The van der Waals surface area contributed by atoms with Gasteiger partial charge in [-0.3, -0.25) is 4.57 Å². The second kappa shape index (κ2) is 9.36. The van der Waals surface area contributed by atoms with E-state index in [0.717, 1.165) is 10.9 Å². The molecule has 5 nitrogen and oxygen atoms in total. The molecule has 22 heavy (non-hydrogen) atoms. The highest BCUT2D eigenvalue weighted by Gasteiger charge is 2.23. The van der Waals surface area contributed by atoms with E-state index in [4.69, 9.17) is 9.05 Å². The van der Waals surface area contributed by atoms with Crippen molar-refractivity contribution in [3.8, 4) is 0 Å². The molecule has 0 unspecified atom stereocenters. The Bertz CT molecular complexity index is 629. The van der Waals surface area contributed by atoms with E-state index in [1.54, 1.807) is 0 Å². The van der Waals surface area contributed by atoms with Crippen molar-refractivity contribution in [1.29, 1.82) is 0 Å². The lowest BCUT2D eigenvalue weighted by atomic mass is 10.2. The van der Waals surface area contributed by atoms with Crippen molar-refractivity contribution < 1.29 is 35.3 Å². The number of benzene rings is 1. The molecule has 0 aliphatic rings. The predicted molar refractivity (Wildman–Crippen MR) is 82.3 cm³/mol. The third-order valence-electron chi connectivity index (χ3n) is 3.07. The number of aromatic nitrogens is 2. The largest absolute Gasteiger partial charge is 1.00 e. The summed E-state index contributed by atoms with van der Waals surface area (Å²) < 4.78 is 24.8. The third-order valence-corrected chi connectivity index (χ3v) is 5.24. The molecule has 0 radical (unpaired) electrons. The van der Waals surface area contributed by atoms with Gasteiger partial charge in [0.25, 0.3) is 0 Å². The van der Waals surface area contributed by atoms with E-state index < -0.39 is 7.60 Å². The number of hydrogen-bond donors (Lipinski definition) is 0. The van der Waals surface area contributed by atoms with Crippen molar-refractivity contribution in [2.24, 2.45) is 0 Å². The van der Waals surface area contributed by atoms with Gasteiger partial charge in [-0.05, 0) is 19.9 Å². The molecular weight excluding hydrogens is 367 g/mol. The van der Waals surface area contributed by atoms with Crippen LogP contribution in [0.15, 0.2) is 36.5 Å². The van der Waals surface area contributed by atoms with Crippen LogP contribution in [0.5, 0.6) is 0 Å². The van der Waals surface area contributed by atoms with E-state index >= 15 is 0 Å². The first-order chi connectivity index (χ1) is 10.2. The SMILES string of the molecule is CCOP(=O)(CCC[n+]1ccc2ccccc2n1)OCC.[Br-]. The number of hydrogen-bond acceptors (Lipinski definition) is 4. The summed E-state index contributed by atoms with van der Waals surface area (Å²) in [5, 5.41) is 5.65. The molecular formula is C15H22BrN2O3P. The quantitative estimate of drug-likeness (QED) is 0.478. The molecule has 0 amide bonds. The predicted octanol–water partition coefficient (Wildman–Crippen LogP) is 0.183. The summed E-state index contributed by atoms with van der Waals surface area (Å²) in [7, 11) is -2.95. The van der Waals surface area contributed by atoms with E-state index in [-0.39, 0.29) is 17.0 Å². The maximum Gasteiger partial charge on any atom is 0.330 e. The number of rotatable bonds is 8. The molecule has 0 N–H and O–H groups in total. The van der Waals surface area contributed by atoms with Crippen LogP contribution in [0.2, 0.25) is 0 Å². The second-order valence-corrected chi connectivity index (χ2v) is 6.85. The fourth-order valence-corrected chi connectivity index (χ4v) is 3.82. The topological polar surface area (TPSA) is 52.3 Å². The lowest BCUT2D eigenvalue weighted by Crippen LogP contribution is -3.00. The zero-order valence-corrected chi connectivity index (χ0v) is 15.4. The van der Waals surface area contributed by atoms with E-state index in [2.05, 4.69) is 5.10 Å². The molecule has 0 aliphatic heterocycles. The number of halogens is 1. The van der Waals surface area contributed by atoms with Gasteiger partial charge in [-0.1, -0.05) is 22.9 Å². The van der Waals surface area contributed by atoms with Gasteiger partial charge in [-0.15, -0.1) is 0 Å². The van der Waals surface area contributed by atoms with Crippen LogP contribution in [0.3, 0.4) is 0 Å². The summed E-state index contributed by atoms with van der Waals surface area (Å²) >= 11 is 0. The average molecular weight is 389 g/mol. The van der Waals surface area contributed by atoms with Gasteiger partial charge in [-0.2, -0.15) is 0 Å². The lowest BCUT2D eigenvalue weighted by Gasteiger charge is -2.15. The Morgan fingerprint density at radius 1 is 1.14 bits per heavy atom. The third kappa shape index (κ3) is 5.43. The summed E-state index contributed by atoms with van der Waals surface area (Å²) in [6.07, 6.45) is 3.05. The van der Waals surface area contributed by atoms with E-state index in [1.807, 2.05) is 55.1 Å². The summed E-state index contributed by atoms with van der Waals surface area (Å²) in [4.78, 5) is 0. The van der Waals surface area contributed by atoms with Crippen molar-refractivity contribution in [2.45, 2.75) is 26.8 Å². The maximum absolute atomic E-state index is 12.3. The van der Waals surface area contributed by atoms with E-state index in [1.165, 1.54) is 0 Å². The van der Waals surface area contributed by atoms with Crippen LogP contribution < -0.4 is 21.7 Å². The van der Waals surface area contributed by atoms with Gasteiger partial charge in [0.1, 0.15) is 5.52 Å². The summed E-state index contributed by atoms with van der Waals surface area (Å²) in [6.45, 7) is 5.14. The van der Waals surface area contributed by atoms with Crippen molar-refractivity contribution in [3.63, 3.8) is 0 Å². The van der Waals surface area contributed by atoms with Crippen molar-refractivity contribution >= 4 is 18.5 Å². The molecule has 0 saturated carbocycles. The van der Waals surface area contributed by atoms with Crippen molar-refractivity contribution in [1.82, 2.24) is 5.10 Å². The van der Waals surface area contributed by atoms with Crippen LogP contribution >= 0.6 is 7.60 Å². The monoisotopic (exact) mass is 388 g/mol. The van der Waals surface area contributed by atoms with Crippen LogP contribution in [0.25, 0.3) is 10.9 Å². The van der Waals surface area contributed by atoms with Gasteiger partial charge >= 0.3 is 7.60 Å². The molecule has 0 saturated heterocycles. The highest BCUT2D eigenvalue weighted by atomic mass is 79.9. The molecule has 2 rings (SSSR count). The first-order valence-electron chi connectivity index (χ1n) is 7.30. The number of aryl methyl sites for hydroxylation is 1. The van der Waals surface area contributed by atoms with Crippen LogP contribution in [0.1, 0.15) is 20.3 Å². The Hall–Kier alpha value is -0.810. The Morgan fingerprint density at radius 3 is 2.50 bits per heavy atom. The molecule has 0 aliphatic carbocycles. The van der Waals surface area contributed by atoms with Crippen LogP contribution in [0, 0.1) is 0 Å². The van der Waals surface area contributed by atoms with Crippen LogP contribution in [0.4, 0.5) is 0 Å². The molecule has 0 spiro atoms. The summed E-state index contributed by atoms with van der Waals surface area (Å²) in [6, 6.07) is 10.0. The Labute approximate surface area is 141 Å². The highest BCUT2D eigenvalue weighted by molar-refractivity contribution is 7.53. The van der Waals surface area contributed by atoms with Gasteiger partial charge in [-0.25, -0.2) is 0 Å². The fourth-order valence-electron chi connectivity index (χ4n) is 2.17. The van der Waals surface area contributed by atoms with Gasteiger partial charge in [0.15, 0.2) is 12.7 Å². The van der Waals surface area contributed by atoms with Gasteiger partial charge in [0.05, 0.1) is 19.4 Å². The molecule has 122 valence electrons. The Kier molecular flexibility index (Phi) is 8.18. The van der Waals surface area contributed by atoms with Crippen molar-refractivity contribution in [3.05, 3.63) is 36.5 Å². The van der Waals surface area contributed by atoms with E-state index in [9.17, 15) is 4.57 Å². The van der Waals surface area contributed by atoms with Gasteiger partial charge < -0.3 is 26.0 Å². The van der Waals surface area contributed by atoms with E-state index in [0.29, 0.717) is 32.3 Å². The maximum atomic E-state index is 12.3. The van der Waals surface area contributed by atoms with Gasteiger partial charge in [0.2, 0.25) is 0 Å². The fraction of sp³-hybridized carbons (Fsp3) is 0.467. The Morgan fingerprint density at radius 2 is 1.82 bits per heavy atom. The number of nitrogens with zero attached hydrogens (tertiary/aromatic N) is 2. The molecule has 7 heteroatoms. The summed E-state index contributed by atoms with van der Waals surface area (Å²) in [5.41, 5.74) is 0.956. The standard InChI is InChI=1S/C15H22N2O3P.BrH/c1-3-19-21(18,20-4-2)13-7-11-17-12-10-14-8-5-6-9-15(14)16-17;/h5-6,8-10,12H,3-4,7,11,13H2,1-2H3;1H/q+1;/p-1. The number of fused-ring (bicyclic) bond motifs is 1. The first kappa shape index (κ1) is 19.2. The molecule has 2 aromatic rings. The smallest absolute Gasteiger partial charge is 0.330 e. The van der Waals surface area contributed by atoms with Crippen molar-refractivity contribution in [2.75, 3.05) is 19.4 Å². The minimum absolute atomic E-state index is 0.